The Hall–Kier alpha value is -1.85. The molecule has 1 rings (SSSR count). The van der Waals surface area contributed by atoms with E-state index < -0.39 is 17.2 Å². The molecule has 0 aliphatic rings. The van der Waals surface area contributed by atoms with Gasteiger partial charge in [0.1, 0.15) is 11.1 Å². The normalized spacial score (nSPS) is 14.8. The summed E-state index contributed by atoms with van der Waals surface area (Å²) < 4.78 is 5.09. The average Bonchev–Trinajstić information content (AvgIpc) is 2.67. The first-order valence-electron chi connectivity index (χ1n) is 5.23. The number of nitrogens with zero attached hydrogens (tertiary/aromatic N) is 1. The molecule has 6 nitrogen and oxygen atoms in total. The monoisotopic (exact) mass is 239 g/mol. The van der Waals surface area contributed by atoms with Crippen LogP contribution in [0.5, 0.6) is 0 Å². The summed E-state index contributed by atoms with van der Waals surface area (Å²) in [4.78, 5) is 29.3. The van der Waals surface area contributed by atoms with E-state index in [2.05, 4.69) is 15.3 Å². The maximum Gasteiger partial charge on any atom is 0.408 e. The topological polar surface area (TPSA) is 84.1 Å². The lowest BCUT2D eigenvalue weighted by Gasteiger charge is -2.26. The summed E-state index contributed by atoms with van der Waals surface area (Å²) in [5.41, 5.74) is -1.28. The molecule has 0 aliphatic carbocycles. The minimum Gasteiger partial charge on any atom is -0.444 e. The van der Waals surface area contributed by atoms with Crippen molar-refractivity contribution in [1.29, 1.82) is 0 Å². The Morgan fingerprint density at radius 1 is 1.47 bits per heavy atom. The van der Waals surface area contributed by atoms with Crippen LogP contribution < -0.4 is 5.32 Å². The third-order valence-corrected chi connectivity index (χ3v) is 2.05. The first kappa shape index (κ1) is 13.2. The van der Waals surface area contributed by atoms with Gasteiger partial charge in [-0.25, -0.2) is 9.78 Å². The summed E-state index contributed by atoms with van der Waals surface area (Å²) in [5, 5.41) is 2.50. The Bertz CT molecular complexity index is 395. The van der Waals surface area contributed by atoms with Gasteiger partial charge in [0, 0.05) is 0 Å². The molecule has 0 bridgehead atoms. The molecular weight excluding hydrogens is 222 g/mol. The number of hydrogen-bond acceptors (Lipinski definition) is 4. The van der Waals surface area contributed by atoms with Gasteiger partial charge in [-0.1, -0.05) is 0 Å². The molecule has 0 aliphatic heterocycles. The summed E-state index contributed by atoms with van der Waals surface area (Å²) in [7, 11) is 0. The number of imidazole rings is 1. The van der Waals surface area contributed by atoms with E-state index in [1.54, 1.807) is 27.7 Å². The predicted molar refractivity (Wildman–Crippen MR) is 61.4 cm³/mol. The second-order valence-electron chi connectivity index (χ2n) is 4.91. The van der Waals surface area contributed by atoms with E-state index >= 15 is 0 Å². The largest absolute Gasteiger partial charge is 0.444 e. The number of aromatic amines is 1. The molecule has 0 aromatic carbocycles. The highest BCUT2D eigenvalue weighted by atomic mass is 16.6. The van der Waals surface area contributed by atoms with Gasteiger partial charge in [0.15, 0.2) is 6.29 Å². The molecule has 0 radical (unpaired) electrons. The number of rotatable bonds is 3. The number of aldehydes is 1. The Kier molecular flexibility index (Phi) is 3.55. The van der Waals surface area contributed by atoms with Gasteiger partial charge in [0.05, 0.1) is 18.2 Å². The molecule has 94 valence electrons. The maximum absolute atomic E-state index is 11.6. The van der Waals surface area contributed by atoms with Crippen LogP contribution in [-0.4, -0.2) is 27.9 Å². The Balaban J connectivity index is 2.77. The van der Waals surface area contributed by atoms with Gasteiger partial charge in [0.2, 0.25) is 0 Å². The zero-order valence-corrected chi connectivity index (χ0v) is 10.4. The van der Waals surface area contributed by atoms with Crippen molar-refractivity contribution in [1.82, 2.24) is 15.3 Å². The predicted octanol–water partition coefficient (Wildman–Crippen LogP) is 1.35. The van der Waals surface area contributed by atoms with Gasteiger partial charge >= 0.3 is 6.09 Å². The number of alkyl carbamates (subject to hydrolysis) is 1. The van der Waals surface area contributed by atoms with Gasteiger partial charge in [-0.05, 0) is 27.7 Å². The number of hydrogen-bond donors (Lipinski definition) is 2. The van der Waals surface area contributed by atoms with Crippen molar-refractivity contribution in [2.45, 2.75) is 38.8 Å². The molecule has 1 amide bonds. The van der Waals surface area contributed by atoms with E-state index in [1.807, 2.05) is 0 Å². The molecule has 1 aromatic heterocycles. The SMILES string of the molecule is CC(C)(C)OC(=O)NC(C)(C=O)c1cnc[nH]1. The molecule has 6 heteroatoms. The van der Waals surface area contributed by atoms with Crippen molar-refractivity contribution >= 4 is 12.4 Å². The summed E-state index contributed by atoms with van der Waals surface area (Å²) in [6.45, 7) is 6.82. The van der Waals surface area contributed by atoms with Crippen LogP contribution in [0, 0.1) is 0 Å². The van der Waals surface area contributed by atoms with Crippen molar-refractivity contribution in [3.05, 3.63) is 18.2 Å². The van der Waals surface area contributed by atoms with Crippen LogP contribution in [0.15, 0.2) is 12.5 Å². The zero-order chi connectivity index (χ0) is 13.1. The third-order valence-electron chi connectivity index (χ3n) is 2.05. The third kappa shape index (κ3) is 3.58. The molecular formula is C11H17N3O3. The van der Waals surface area contributed by atoms with Gasteiger partial charge in [-0.3, -0.25) is 0 Å². The number of carbonyl (C=O) groups excluding carboxylic acids is 2. The van der Waals surface area contributed by atoms with Crippen molar-refractivity contribution < 1.29 is 14.3 Å². The standard InChI is InChI=1S/C11H17N3O3/c1-10(2,3)17-9(16)14-11(4,6-15)8-5-12-7-13-8/h5-7H,1-4H3,(H,12,13)(H,14,16). The first-order valence-corrected chi connectivity index (χ1v) is 5.23. The van der Waals surface area contributed by atoms with Crippen molar-refractivity contribution in [2.75, 3.05) is 0 Å². The molecule has 17 heavy (non-hydrogen) atoms. The highest BCUT2D eigenvalue weighted by Gasteiger charge is 2.31. The molecule has 2 N–H and O–H groups in total. The van der Waals surface area contributed by atoms with Crippen LogP contribution in [0.25, 0.3) is 0 Å². The quantitative estimate of drug-likeness (QED) is 0.780. The summed E-state index contributed by atoms with van der Waals surface area (Å²) >= 11 is 0. The zero-order valence-electron chi connectivity index (χ0n) is 10.4. The van der Waals surface area contributed by atoms with E-state index in [9.17, 15) is 9.59 Å². The number of H-pyrrole nitrogens is 1. The van der Waals surface area contributed by atoms with Gasteiger partial charge in [-0.2, -0.15) is 0 Å². The Labute approximate surface area is 99.8 Å². The van der Waals surface area contributed by atoms with Gasteiger partial charge in [0.25, 0.3) is 0 Å². The Morgan fingerprint density at radius 2 is 2.12 bits per heavy atom. The molecule has 1 aromatic rings. The van der Waals surface area contributed by atoms with Gasteiger partial charge in [-0.15, -0.1) is 0 Å². The average molecular weight is 239 g/mol. The van der Waals surface area contributed by atoms with Crippen LogP contribution >= 0.6 is 0 Å². The van der Waals surface area contributed by atoms with Crippen LogP contribution in [0.2, 0.25) is 0 Å². The molecule has 0 saturated heterocycles. The second kappa shape index (κ2) is 4.57. The minimum atomic E-state index is -1.17. The fraction of sp³-hybridized carbons (Fsp3) is 0.545. The molecule has 1 heterocycles. The fourth-order valence-corrected chi connectivity index (χ4v) is 1.22. The number of carbonyl (C=O) groups is 2. The van der Waals surface area contributed by atoms with Crippen molar-refractivity contribution in [3.63, 3.8) is 0 Å². The summed E-state index contributed by atoms with van der Waals surface area (Å²) in [6.07, 6.45) is 2.89. The lowest BCUT2D eigenvalue weighted by molar-refractivity contribution is -0.113. The van der Waals surface area contributed by atoms with Crippen LogP contribution in [0.1, 0.15) is 33.4 Å². The molecule has 0 spiro atoms. The van der Waals surface area contributed by atoms with Crippen LogP contribution in [0.4, 0.5) is 4.79 Å². The van der Waals surface area contributed by atoms with Crippen LogP contribution in [0.3, 0.4) is 0 Å². The van der Waals surface area contributed by atoms with E-state index in [4.69, 9.17) is 4.74 Å². The molecule has 1 atom stereocenters. The summed E-state index contributed by atoms with van der Waals surface area (Å²) in [6, 6.07) is 0. The highest BCUT2D eigenvalue weighted by molar-refractivity contribution is 5.77. The summed E-state index contributed by atoms with van der Waals surface area (Å²) in [5.74, 6) is 0. The highest BCUT2D eigenvalue weighted by Crippen LogP contribution is 2.16. The van der Waals surface area contributed by atoms with Crippen LogP contribution in [-0.2, 0) is 15.1 Å². The first-order chi connectivity index (χ1) is 7.77. The second-order valence-corrected chi connectivity index (χ2v) is 4.91. The Morgan fingerprint density at radius 3 is 2.53 bits per heavy atom. The number of amides is 1. The lowest BCUT2D eigenvalue weighted by atomic mass is 10.0. The molecule has 0 saturated carbocycles. The number of nitrogens with one attached hydrogen (secondary N) is 2. The van der Waals surface area contributed by atoms with Crippen molar-refractivity contribution in [2.24, 2.45) is 0 Å². The van der Waals surface area contributed by atoms with Gasteiger partial charge < -0.3 is 19.8 Å². The van der Waals surface area contributed by atoms with E-state index in [0.29, 0.717) is 12.0 Å². The molecule has 1 unspecified atom stereocenters. The minimum absolute atomic E-state index is 0.498. The number of aromatic nitrogens is 2. The number of ether oxygens (including phenoxy) is 1. The molecule has 0 fully saturated rings. The maximum atomic E-state index is 11.6. The van der Waals surface area contributed by atoms with E-state index in [1.165, 1.54) is 12.5 Å². The fourth-order valence-electron chi connectivity index (χ4n) is 1.22. The van der Waals surface area contributed by atoms with E-state index in [0.717, 1.165) is 0 Å². The van der Waals surface area contributed by atoms with Crippen molar-refractivity contribution in [3.8, 4) is 0 Å². The lowest BCUT2D eigenvalue weighted by Crippen LogP contribution is -2.47. The smallest absolute Gasteiger partial charge is 0.408 e. The van der Waals surface area contributed by atoms with E-state index in [-0.39, 0.29) is 0 Å².